The second-order valence-electron chi connectivity index (χ2n) is 13.0. The molecule has 41 heavy (non-hydrogen) atoms. The highest BCUT2D eigenvalue weighted by atomic mass is 32.2. The van der Waals surface area contributed by atoms with Crippen molar-refractivity contribution in [2.75, 3.05) is 12.6 Å². The third-order valence-corrected chi connectivity index (χ3v) is 11.8. The van der Waals surface area contributed by atoms with Crippen molar-refractivity contribution in [2.24, 2.45) is 28.6 Å². The minimum absolute atomic E-state index is 0.0655. The number of carbonyl (C=O) groups is 2. The topological polar surface area (TPSA) is 66.8 Å². The van der Waals surface area contributed by atoms with E-state index < -0.39 is 63.1 Å². The molecule has 0 bridgehead atoms. The maximum atomic E-state index is 17.5. The Morgan fingerprint density at radius 1 is 1.17 bits per heavy atom. The Bertz CT molecular complexity index is 1300. The molecule has 4 aliphatic carbocycles. The number of hydroxylamine groups is 2. The molecule has 1 aromatic rings. The Balaban J connectivity index is 1.36. The third-order valence-electron chi connectivity index (χ3n) is 11.1. The summed E-state index contributed by atoms with van der Waals surface area (Å²) < 4.78 is 46.9. The first-order chi connectivity index (χ1) is 19.4. The molecule has 5 nitrogen and oxygen atoms in total. The zero-order valence-electron chi connectivity index (χ0n) is 23.7. The Morgan fingerprint density at radius 2 is 1.88 bits per heavy atom. The Hall–Kier alpha value is -1.94. The van der Waals surface area contributed by atoms with Crippen molar-refractivity contribution in [3.63, 3.8) is 0 Å². The zero-order valence-corrected chi connectivity index (χ0v) is 24.6. The van der Waals surface area contributed by atoms with E-state index >= 15 is 8.78 Å². The van der Waals surface area contributed by atoms with Crippen molar-refractivity contribution in [2.45, 2.75) is 83.0 Å². The molecule has 0 radical (unpaired) electrons. The molecule has 1 heterocycles. The molecular formula is C32H38F3NO4S. The first-order valence-corrected chi connectivity index (χ1v) is 15.6. The molecule has 0 amide bonds. The molecule has 6 rings (SSSR count). The number of nitrogens with zero attached hydrogens (tertiary/aromatic N) is 1. The van der Waals surface area contributed by atoms with Gasteiger partial charge in [0.2, 0.25) is 5.12 Å². The molecular weight excluding hydrogens is 551 g/mol. The van der Waals surface area contributed by atoms with E-state index in [-0.39, 0.29) is 24.3 Å². The van der Waals surface area contributed by atoms with Gasteiger partial charge in [-0.05, 0) is 67.4 Å². The predicted molar refractivity (Wildman–Crippen MR) is 151 cm³/mol. The van der Waals surface area contributed by atoms with Crippen molar-refractivity contribution in [1.82, 2.24) is 5.06 Å². The van der Waals surface area contributed by atoms with Crippen LogP contribution in [0.2, 0.25) is 0 Å². The molecule has 0 aromatic heterocycles. The monoisotopic (exact) mass is 589 g/mol. The smallest absolute Gasteiger partial charge is 0.226 e. The van der Waals surface area contributed by atoms with Gasteiger partial charge in [0, 0.05) is 35.8 Å². The fraction of sp³-hybridized carbons (Fsp3) is 0.625. The summed E-state index contributed by atoms with van der Waals surface area (Å²) in [5.74, 6) is -2.17. The van der Waals surface area contributed by atoms with Crippen LogP contribution in [0.15, 0.2) is 48.1 Å². The first kappa shape index (κ1) is 29.1. The van der Waals surface area contributed by atoms with Crippen LogP contribution in [0.4, 0.5) is 13.2 Å². The lowest BCUT2D eigenvalue weighted by Crippen LogP contribution is -2.70. The second kappa shape index (κ2) is 10.1. The maximum Gasteiger partial charge on any atom is 0.226 e. The molecule has 5 aliphatic rings. The van der Waals surface area contributed by atoms with Crippen LogP contribution < -0.4 is 0 Å². The van der Waals surface area contributed by atoms with Crippen molar-refractivity contribution in [1.29, 1.82) is 0 Å². The summed E-state index contributed by atoms with van der Waals surface area (Å²) in [6.45, 7) is 6.34. The highest BCUT2D eigenvalue weighted by Gasteiger charge is 2.79. The Morgan fingerprint density at radius 3 is 2.56 bits per heavy atom. The van der Waals surface area contributed by atoms with Crippen LogP contribution in [-0.4, -0.2) is 57.2 Å². The minimum atomic E-state index is -2.24. The van der Waals surface area contributed by atoms with Crippen LogP contribution in [0.25, 0.3) is 0 Å². The van der Waals surface area contributed by atoms with Crippen LogP contribution in [0.1, 0.15) is 57.6 Å². The lowest BCUT2D eigenvalue weighted by molar-refractivity contribution is -0.266. The van der Waals surface area contributed by atoms with Crippen molar-refractivity contribution < 1.29 is 32.7 Å². The van der Waals surface area contributed by atoms with Gasteiger partial charge in [-0.1, -0.05) is 62.4 Å². The third kappa shape index (κ3) is 3.94. The van der Waals surface area contributed by atoms with E-state index in [1.165, 1.54) is 23.8 Å². The van der Waals surface area contributed by atoms with Gasteiger partial charge in [0.05, 0.1) is 6.10 Å². The predicted octanol–water partition coefficient (Wildman–Crippen LogP) is 5.86. The van der Waals surface area contributed by atoms with E-state index in [0.29, 0.717) is 31.3 Å². The molecule has 1 aromatic carbocycles. The van der Waals surface area contributed by atoms with Crippen LogP contribution in [0.5, 0.6) is 0 Å². The number of hydrogen-bond acceptors (Lipinski definition) is 6. The lowest BCUT2D eigenvalue weighted by Gasteiger charge is -2.63. The number of aliphatic hydroxyl groups is 1. The highest BCUT2D eigenvalue weighted by molar-refractivity contribution is 8.13. The fourth-order valence-corrected chi connectivity index (χ4v) is 9.97. The minimum Gasteiger partial charge on any atom is -0.390 e. The number of carbonyl (C=O) groups excluding carboxylic acids is 2. The molecule has 1 N–H and O–H groups in total. The molecule has 0 spiro atoms. The maximum absolute atomic E-state index is 17.5. The average Bonchev–Trinajstić information content (AvgIpc) is 3.41. The van der Waals surface area contributed by atoms with Gasteiger partial charge in [-0.2, -0.15) is 5.06 Å². The molecule has 1 saturated heterocycles. The fourth-order valence-electron chi connectivity index (χ4n) is 9.22. The number of aryl methyl sites for hydroxylation is 1. The lowest BCUT2D eigenvalue weighted by atomic mass is 9.44. The van der Waals surface area contributed by atoms with Crippen LogP contribution in [-0.2, 0) is 27.4 Å². The van der Waals surface area contributed by atoms with E-state index in [9.17, 15) is 19.1 Å². The summed E-state index contributed by atoms with van der Waals surface area (Å²) in [6, 6.07) is 7.32. The number of aliphatic hydroxyl groups excluding tert-OH is 1. The van der Waals surface area contributed by atoms with Crippen molar-refractivity contribution in [3.8, 4) is 0 Å². The summed E-state index contributed by atoms with van der Waals surface area (Å²) in [7, 11) is 0. The Kier molecular flexibility index (Phi) is 7.16. The summed E-state index contributed by atoms with van der Waals surface area (Å²) in [5, 5.41) is 12.9. The summed E-state index contributed by atoms with van der Waals surface area (Å²) in [6.07, 6.45) is 2.87. The van der Waals surface area contributed by atoms with Gasteiger partial charge in [-0.25, -0.2) is 13.2 Å². The SMILES string of the molecule is CCCc1ccc(CN2C[C@@H]3CC4[C@@H]5C[C@H](F)C6=CC(=O)C=C[C@]6(C)[C@@]5(F)[C@@H](O)C[C@]4(C)[C@]3(C(=O)SCF)O2)cc1. The number of thioether (sulfide) groups is 1. The van der Waals surface area contributed by atoms with E-state index in [1.54, 1.807) is 12.0 Å². The Labute approximate surface area is 243 Å². The number of rotatable bonds is 6. The van der Waals surface area contributed by atoms with E-state index in [0.717, 1.165) is 18.4 Å². The van der Waals surface area contributed by atoms with Gasteiger partial charge in [-0.15, -0.1) is 0 Å². The number of halogens is 3. The molecule has 9 atom stereocenters. The number of ketones is 1. The van der Waals surface area contributed by atoms with Gasteiger partial charge in [-0.3, -0.25) is 14.4 Å². The summed E-state index contributed by atoms with van der Waals surface area (Å²) in [5.41, 5.74) is -3.94. The van der Waals surface area contributed by atoms with E-state index in [4.69, 9.17) is 4.84 Å². The quantitative estimate of drug-likeness (QED) is 0.449. The van der Waals surface area contributed by atoms with Gasteiger partial charge in [0.1, 0.15) is 12.2 Å². The molecule has 3 saturated carbocycles. The number of hydrogen-bond donors (Lipinski definition) is 1. The molecule has 1 unspecified atom stereocenters. The summed E-state index contributed by atoms with van der Waals surface area (Å²) in [4.78, 5) is 32.5. The second-order valence-corrected chi connectivity index (χ2v) is 13.9. The van der Waals surface area contributed by atoms with Gasteiger partial charge < -0.3 is 5.11 Å². The zero-order chi connectivity index (χ0) is 29.4. The van der Waals surface area contributed by atoms with Crippen molar-refractivity contribution in [3.05, 3.63) is 59.2 Å². The van der Waals surface area contributed by atoms with Gasteiger partial charge in [0.15, 0.2) is 17.1 Å². The largest absolute Gasteiger partial charge is 0.390 e. The number of alkyl halides is 3. The average molecular weight is 590 g/mol. The molecule has 4 fully saturated rings. The van der Waals surface area contributed by atoms with Gasteiger partial charge in [0.25, 0.3) is 0 Å². The number of allylic oxidation sites excluding steroid dienone is 4. The number of benzene rings is 1. The molecule has 222 valence electrons. The van der Waals surface area contributed by atoms with E-state index in [2.05, 4.69) is 19.1 Å². The first-order valence-electron chi connectivity index (χ1n) is 14.7. The van der Waals surface area contributed by atoms with Gasteiger partial charge >= 0.3 is 0 Å². The van der Waals surface area contributed by atoms with Crippen molar-refractivity contribution >= 4 is 22.7 Å². The standard InChI is InChI=1S/C32H38F3NO4S/c1-4-5-19-6-8-20(9-7-19)16-36-17-21-12-23-24-14-26(34)25-13-22(37)10-11-29(25,2)31(24,35)27(38)15-30(23,3)32(21,40-36)28(39)41-18-33/h6-11,13,21,23-24,26-27,38H,4-5,12,14-18H2,1-3H3/t21-,23?,24-,26-,27-,29-,30-,31-,32-/m0/s1. The van der Waals surface area contributed by atoms with Crippen LogP contribution >= 0.6 is 11.8 Å². The molecule has 9 heteroatoms. The summed E-state index contributed by atoms with van der Waals surface area (Å²) >= 11 is 0.549. The molecule has 1 aliphatic heterocycles. The number of fused-ring (bicyclic) bond motifs is 7. The van der Waals surface area contributed by atoms with E-state index in [1.807, 2.05) is 19.1 Å². The normalized spacial score (nSPS) is 43.2. The van der Waals surface area contributed by atoms with Crippen LogP contribution in [0, 0.1) is 28.6 Å². The van der Waals surface area contributed by atoms with Crippen LogP contribution in [0.3, 0.4) is 0 Å². The highest BCUT2D eigenvalue weighted by Crippen LogP contribution is 2.73.